The summed E-state index contributed by atoms with van der Waals surface area (Å²) < 4.78 is 50.3. The van der Waals surface area contributed by atoms with Crippen LogP contribution in [0.15, 0.2) is 121 Å². The van der Waals surface area contributed by atoms with E-state index in [1.165, 1.54) is 24.3 Å². The van der Waals surface area contributed by atoms with Crippen molar-refractivity contribution >= 4 is 0 Å². The Morgan fingerprint density at radius 2 is 0.528 bits per heavy atom. The maximum absolute atomic E-state index is 13.4. The first-order chi connectivity index (χ1) is 17.6. The zero-order chi connectivity index (χ0) is 24.7. The Balaban J connectivity index is 1.26. The van der Waals surface area contributed by atoms with Crippen LogP contribution < -0.4 is 18.9 Å². The van der Waals surface area contributed by atoms with E-state index >= 15 is 0 Å². The highest BCUT2D eigenvalue weighted by Crippen LogP contribution is 2.33. The van der Waals surface area contributed by atoms with E-state index in [0.29, 0.717) is 46.0 Å². The van der Waals surface area contributed by atoms with Gasteiger partial charge < -0.3 is 18.9 Å². The second-order valence-corrected chi connectivity index (χ2v) is 7.75. The van der Waals surface area contributed by atoms with Crippen LogP contribution in [0.5, 0.6) is 46.0 Å². The van der Waals surface area contributed by atoms with E-state index in [0.717, 1.165) is 0 Å². The average molecular weight is 482 g/mol. The van der Waals surface area contributed by atoms with E-state index in [1.807, 2.05) is 6.07 Å². The van der Waals surface area contributed by atoms with Gasteiger partial charge in [0.05, 0.1) is 0 Å². The number of hydrogen-bond donors (Lipinski definition) is 0. The van der Waals surface area contributed by atoms with Crippen molar-refractivity contribution in [1.29, 1.82) is 0 Å². The van der Waals surface area contributed by atoms with Crippen LogP contribution >= 0.6 is 0 Å². The molecule has 0 saturated carbocycles. The van der Waals surface area contributed by atoms with Crippen molar-refractivity contribution in [2.45, 2.75) is 0 Å². The standard InChI is InChI=1S/C30H20F2O4/c31-21-6-1-8-23(16-21)33-25-10-3-12-27(18-25)35-29-14-5-15-30(20-29)36-28-13-4-11-26(19-28)34-24-9-2-7-22(32)17-24/h1-20H. The highest BCUT2D eigenvalue weighted by Gasteiger charge is 2.06. The van der Waals surface area contributed by atoms with Crippen LogP contribution in [0, 0.1) is 11.6 Å². The zero-order valence-electron chi connectivity index (χ0n) is 18.9. The molecule has 0 aliphatic heterocycles. The summed E-state index contributed by atoms with van der Waals surface area (Å²) in [4.78, 5) is 0. The van der Waals surface area contributed by atoms with Gasteiger partial charge in [0.1, 0.15) is 57.6 Å². The summed E-state index contributed by atoms with van der Waals surface area (Å²) in [5, 5.41) is 0. The molecule has 178 valence electrons. The highest BCUT2D eigenvalue weighted by molar-refractivity contribution is 5.43. The summed E-state index contributed by atoms with van der Waals surface area (Å²) in [5.41, 5.74) is 0. The van der Waals surface area contributed by atoms with Gasteiger partial charge in [0.25, 0.3) is 0 Å². The Morgan fingerprint density at radius 1 is 0.306 bits per heavy atom. The number of benzene rings is 5. The van der Waals surface area contributed by atoms with Gasteiger partial charge in [-0.2, -0.15) is 0 Å². The van der Waals surface area contributed by atoms with Crippen molar-refractivity contribution in [3.8, 4) is 46.0 Å². The molecule has 0 aliphatic carbocycles. The van der Waals surface area contributed by atoms with Gasteiger partial charge in [-0.1, -0.05) is 30.3 Å². The van der Waals surface area contributed by atoms with E-state index in [-0.39, 0.29) is 11.6 Å². The molecular formula is C30H20F2O4. The van der Waals surface area contributed by atoms with Gasteiger partial charge in [-0.25, -0.2) is 8.78 Å². The molecule has 5 rings (SSSR count). The van der Waals surface area contributed by atoms with Gasteiger partial charge in [-0.3, -0.25) is 0 Å². The number of halogens is 2. The molecule has 0 amide bonds. The fraction of sp³-hybridized carbons (Fsp3) is 0. The largest absolute Gasteiger partial charge is 0.457 e. The van der Waals surface area contributed by atoms with Crippen LogP contribution in [-0.2, 0) is 0 Å². The van der Waals surface area contributed by atoms with Crippen LogP contribution in [0.4, 0.5) is 8.78 Å². The minimum absolute atomic E-state index is 0.372. The topological polar surface area (TPSA) is 36.9 Å². The first kappa shape index (κ1) is 22.9. The minimum atomic E-state index is -0.372. The normalized spacial score (nSPS) is 10.5. The van der Waals surface area contributed by atoms with Crippen LogP contribution in [0.1, 0.15) is 0 Å². The SMILES string of the molecule is Fc1cccc(Oc2cccc(Oc3cccc(Oc4cccc(Oc5cccc(F)c5)c4)c3)c2)c1. The Morgan fingerprint density at radius 3 is 0.778 bits per heavy atom. The molecule has 0 unspecified atom stereocenters. The number of ether oxygens (including phenoxy) is 4. The Labute approximate surface area is 206 Å². The van der Waals surface area contributed by atoms with Crippen molar-refractivity contribution in [2.75, 3.05) is 0 Å². The molecule has 0 aromatic heterocycles. The maximum Gasteiger partial charge on any atom is 0.131 e. The van der Waals surface area contributed by atoms with E-state index in [1.54, 1.807) is 91.0 Å². The molecule has 0 N–H and O–H groups in total. The van der Waals surface area contributed by atoms with Gasteiger partial charge in [-0.05, 0) is 60.7 Å². The summed E-state index contributed by atoms with van der Waals surface area (Å²) in [6.07, 6.45) is 0. The van der Waals surface area contributed by atoms with Crippen LogP contribution in [0.25, 0.3) is 0 Å². The maximum atomic E-state index is 13.4. The monoisotopic (exact) mass is 482 g/mol. The zero-order valence-corrected chi connectivity index (χ0v) is 18.9. The van der Waals surface area contributed by atoms with Crippen molar-refractivity contribution < 1.29 is 27.7 Å². The Kier molecular flexibility index (Phi) is 6.76. The summed E-state index contributed by atoms with van der Waals surface area (Å²) in [6, 6.07) is 33.1. The summed E-state index contributed by atoms with van der Waals surface area (Å²) in [5.74, 6) is 3.28. The molecule has 6 heteroatoms. The Hall–Kier alpha value is -4.84. The van der Waals surface area contributed by atoms with E-state index in [2.05, 4.69) is 0 Å². The first-order valence-corrected chi connectivity index (χ1v) is 11.1. The van der Waals surface area contributed by atoms with E-state index in [4.69, 9.17) is 18.9 Å². The summed E-state index contributed by atoms with van der Waals surface area (Å²) in [6.45, 7) is 0. The molecule has 0 fully saturated rings. The van der Waals surface area contributed by atoms with Gasteiger partial charge in [-0.15, -0.1) is 0 Å². The van der Waals surface area contributed by atoms with Crippen molar-refractivity contribution in [3.05, 3.63) is 133 Å². The minimum Gasteiger partial charge on any atom is -0.457 e. The van der Waals surface area contributed by atoms with Crippen LogP contribution in [0.2, 0.25) is 0 Å². The van der Waals surface area contributed by atoms with E-state index < -0.39 is 0 Å². The molecule has 0 bridgehead atoms. The first-order valence-electron chi connectivity index (χ1n) is 11.1. The van der Waals surface area contributed by atoms with Gasteiger partial charge >= 0.3 is 0 Å². The molecule has 0 radical (unpaired) electrons. The third-order valence-electron chi connectivity index (χ3n) is 4.95. The third-order valence-corrected chi connectivity index (χ3v) is 4.95. The van der Waals surface area contributed by atoms with Crippen LogP contribution in [-0.4, -0.2) is 0 Å². The van der Waals surface area contributed by atoms with Gasteiger partial charge in [0, 0.05) is 30.3 Å². The average Bonchev–Trinajstić information content (AvgIpc) is 2.85. The number of hydrogen-bond acceptors (Lipinski definition) is 4. The smallest absolute Gasteiger partial charge is 0.131 e. The quantitative estimate of drug-likeness (QED) is 0.221. The molecule has 4 nitrogen and oxygen atoms in total. The van der Waals surface area contributed by atoms with Crippen molar-refractivity contribution in [3.63, 3.8) is 0 Å². The van der Waals surface area contributed by atoms with Gasteiger partial charge in [0.2, 0.25) is 0 Å². The van der Waals surface area contributed by atoms with Crippen LogP contribution in [0.3, 0.4) is 0 Å². The second-order valence-electron chi connectivity index (χ2n) is 7.75. The molecule has 0 aliphatic rings. The van der Waals surface area contributed by atoms with Gasteiger partial charge in [0.15, 0.2) is 0 Å². The molecule has 0 atom stereocenters. The van der Waals surface area contributed by atoms with Crippen molar-refractivity contribution in [1.82, 2.24) is 0 Å². The van der Waals surface area contributed by atoms with E-state index in [9.17, 15) is 8.78 Å². The molecule has 36 heavy (non-hydrogen) atoms. The molecule has 5 aromatic carbocycles. The molecule has 0 saturated heterocycles. The lowest BCUT2D eigenvalue weighted by molar-refractivity contribution is 0.446. The molecule has 5 aromatic rings. The van der Waals surface area contributed by atoms with Crippen molar-refractivity contribution in [2.24, 2.45) is 0 Å². The lowest BCUT2D eigenvalue weighted by atomic mass is 10.3. The molecule has 0 spiro atoms. The molecule has 0 heterocycles. The highest BCUT2D eigenvalue weighted by atomic mass is 19.1. The Bertz CT molecular complexity index is 1380. The number of rotatable bonds is 8. The fourth-order valence-corrected chi connectivity index (χ4v) is 3.41. The lowest BCUT2D eigenvalue weighted by Gasteiger charge is -2.12. The lowest BCUT2D eigenvalue weighted by Crippen LogP contribution is -1.90. The predicted octanol–water partition coefficient (Wildman–Crippen LogP) is 9.13. The third kappa shape index (κ3) is 6.18. The molecular weight excluding hydrogens is 462 g/mol. The predicted molar refractivity (Wildman–Crippen MR) is 132 cm³/mol. The summed E-state index contributed by atoms with van der Waals surface area (Å²) >= 11 is 0. The fourth-order valence-electron chi connectivity index (χ4n) is 3.41. The second kappa shape index (κ2) is 10.6. The summed E-state index contributed by atoms with van der Waals surface area (Å²) in [7, 11) is 0.